The van der Waals surface area contributed by atoms with Crippen molar-refractivity contribution in [1.82, 2.24) is 15.5 Å². The number of amides is 1. The number of hydrogen-bond donors (Lipinski definition) is 2. The molecule has 2 N–H and O–H groups in total. The normalized spacial score (nSPS) is 10.1. The molecule has 1 aromatic heterocycles. The molecule has 0 bridgehead atoms. The summed E-state index contributed by atoms with van der Waals surface area (Å²) in [6.07, 6.45) is 1.66. The van der Waals surface area contributed by atoms with Gasteiger partial charge in [-0.1, -0.05) is 0 Å². The predicted octanol–water partition coefficient (Wildman–Crippen LogP) is 1.94. The Labute approximate surface area is 107 Å². The largest absolute Gasteiger partial charge is 0.346 e. The van der Waals surface area contributed by atoms with Gasteiger partial charge in [-0.2, -0.15) is 5.10 Å². The van der Waals surface area contributed by atoms with Crippen molar-refractivity contribution < 1.29 is 4.79 Å². The molecule has 2 rings (SSSR count). The minimum Gasteiger partial charge on any atom is -0.346 e. The molecule has 1 heterocycles. The van der Waals surface area contributed by atoms with Crippen molar-refractivity contribution in [2.45, 2.75) is 6.54 Å². The minimum absolute atomic E-state index is 0.0778. The Kier molecular flexibility index (Phi) is 3.55. The average Bonchev–Trinajstić information content (AvgIpc) is 2.80. The number of H-pyrrole nitrogens is 1. The highest BCUT2D eigenvalue weighted by Crippen LogP contribution is 2.06. The SMILES string of the molecule is O=C(NCc1ccn[nH]1)c1ccc(I)cc1. The third kappa shape index (κ3) is 2.82. The Bertz CT molecular complexity index is 464. The van der Waals surface area contributed by atoms with E-state index in [9.17, 15) is 4.79 Å². The fraction of sp³-hybridized carbons (Fsp3) is 0.0909. The van der Waals surface area contributed by atoms with Gasteiger partial charge >= 0.3 is 0 Å². The average molecular weight is 327 g/mol. The highest BCUT2D eigenvalue weighted by Gasteiger charge is 2.04. The van der Waals surface area contributed by atoms with Gasteiger partial charge in [-0.15, -0.1) is 0 Å². The first kappa shape index (κ1) is 11.1. The molecule has 16 heavy (non-hydrogen) atoms. The number of benzene rings is 1. The lowest BCUT2D eigenvalue weighted by molar-refractivity contribution is 0.0950. The van der Waals surface area contributed by atoms with Crippen LogP contribution < -0.4 is 5.32 Å². The van der Waals surface area contributed by atoms with E-state index in [2.05, 4.69) is 38.1 Å². The lowest BCUT2D eigenvalue weighted by atomic mass is 10.2. The van der Waals surface area contributed by atoms with E-state index in [1.54, 1.807) is 6.20 Å². The third-order valence-electron chi connectivity index (χ3n) is 2.10. The topological polar surface area (TPSA) is 57.8 Å². The molecule has 1 amide bonds. The number of carbonyl (C=O) groups is 1. The molecule has 0 aliphatic heterocycles. The van der Waals surface area contributed by atoms with E-state index in [1.165, 1.54) is 0 Å². The van der Waals surface area contributed by atoms with E-state index in [4.69, 9.17) is 0 Å². The van der Waals surface area contributed by atoms with Crippen molar-refractivity contribution in [2.24, 2.45) is 0 Å². The van der Waals surface area contributed by atoms with Crippen LogP contribution in [0.4, 0.5) is 0 Å². The monoisotopic (exact) mass is 327 g/mol. The molecule has 0 saturated heterocycles. The fourth-order valence-corrected chi connectivity index (χ4v) is 1.62. The highest BCUT2D eigenvalue weighted by molar-refractivity contribution is 14.1. The Morgan fingerprint density at radius 2 is 2.06 bits per heavy atom. The van der Waals surface area contributed by atoms with Gasteiger partial charge in [-0.3, -0.25) is 9.89 Å². The van der Waals surface area contributed by atoms with Crippen LogP contribution in [-0.2, 0) is 6.54 Å². The van der Waals surface area contributed by atoms with Gasteiger partial charge in [-0.05, 0) is 52.9 Å². The van der Waals surface area contributed by atoms with Crippen LogP contribution in [0.5, 0.6) is 0 Å². The molecule has 82 valence electrons. The summed E-state index contributed by atoms with van der Waals surface area (Å²) < 4.78 is 1.11. The summed E-state index contributed by atoms with van der Waals surface area (Å²) in [5.74, 6) is -0.0778. The second-order valence-corrected chi connectivity index (χ2v) is 4.52. The molecule has 0 fully saturated rings. The van der Waals surface area contributed by atoms with E-state index in [0.717, 1.165) is 9.26 Å². The van der Waals surface area contributed by atoms with E-state index >= 15 is 0 Å². The number of hydrogen-bond acceptors (Lipinski definition) is 2. The first-order valence-electron chi connectivity index (χ1n) is 4.78. The first-order valence-corrected chi connectivity index (χ1v) is 5.85. The molecule has 5 heteroatoms. The van der Waals surface area contributed by atoms with Crippen molar-refractivity contribution in [3.63, 3.8) is 0 Å². The van der Waals surface area contributed by atoms with Crippen LogP contribution in [0, 0.1) is 3.57 Å². The van der Waals surface area contributed by atoms with Crippen LogP contribution in [0.1, 0.15) is 16.1 Å². The van der Waals surface area contributed by atoms with Crippen LogP contribution in [-0.4, -0.2) is 16.1 Å². The molecule has 0 aliphatic rings. The van der Waals surface area contributed by atoms with Crippen LogP contribution in [0.3, 0.4) is 0 Å². The summed E-state index contributed by atoms with van der Waals surface area (Å²) in [5.41, 5.74) is 1.55. The van der Waals surface area contributed by atoms with Gasteiger partial charge in [0.15, 0.2) is 0 Å². The number of aromatic amines is 1. The van der Waals surface area contributed by atoms with E-state index < -0.39 is 0 Å². The maximum Gasteiger partial charge on any atom is 0.251 e. The standard InChI is InChI=1S/C11H10IN3O/c12-9-3-1-8(2-4-9)11(16)13-7-10-5-6-14-15-10/h1-6H,7H2,(H,13,16)(H,14,15). The molecule has 0 aliphatic carbocycles. The van der Waals surface area contributed by atoms with Crippen LogP contribution in [0.15, 0.2) is 36.5 Å². The van der Waals surface area contributed by atoms with Gasteiger partial charge in [0.1, 0.15) is 0 Å². The zero-order valence-corrected chi connectivity index (χ0v) is 10.6. The number of halogens is 1. The van der Waals surface area contributed by atoms with Gasteiger partial charge in [0.25, 0.3) is 5.91 Å². The van der Waals surface area contributed by atoms with Crippen molar-refractivity contribution >= 4 is 28.5 Å². The summed E-state index contributed by atoms with van der Waals surface area (Å²) >= 11 is 2.20. The van der Waals surface area contributed by atoms with Crippen LogP contribution >= 0.6 is 22.6 Å². The lowest BCUT2D eigenvalue weighted by Gasteiger charge is -2.03. The van der Waals surface area contributed by atoms with Crippen molar-refractivity contribution in [2.75, 3.05) is 0 Å². The summed E-state index contributed by atoms with van der Waals surface area (Å²) in [6, 6.07) is 9.26. The van der Waals surface area contributed by atoms with Crippen molar-refractivity contribution in [3.05, 3.63) is 51.4 Å². The second kappa shape index (κ2) is 5.11. The molecular weight excluding hydrogens is 317 g/mol. The number of carbonyl (C=O) groups excluding carboxylic acids is 1. The van der Waals surface area contributed by atoms with Gasteiger partial charge in [-0.25, -0.2) is 0 Å². The Hall–Kier alpha value is -1.37. The van der Waals surface area contributed by atoms with Gasteiger partial charge < -0.3 is 5.32 Å². The first-order chi connectivity index (χ1) is 7.75. The number of nitrogens with one attached hydrogen (secondary N) is 2. The number of rotatable bonds is 3. The molecule has 0 spiro atoms. The quantitative estimate of drug-likeness (QED) is 0.847. The zero-order chi connectivity index (χ0) is 11.4. The lowest BCUT2D eigenvalue weighted by Crippen LogP contribution is -2.22. The maximum atomic E-state index is 11.7. The van der Waals surface area contributed by atoms with Gasteiger partial charge in [0.05, 0.1) is 12.2 Å². The molecule has 2 aromatic rings. The summed E-state index contributed by atoms with van der Waals surface area (Å²) in [4.78, 5) is 11.7. The van der Waals surface area contributed by atoms with E-state index in [1.807, 2.05) is 30.3 Å². The zero-order valence-electron chi connectivity index (χ0n) is 8.40. The minimum atomic E-state index is -0.0778. The molecule has 4 nitrogen and oxygen atoms in total. The van der Waals surface area contributed by atoms with Gasteiger partial charge in [0, 0.05) is 15.3 Å². The summed E-state index contributed by atoms with van der Waals surface area (Å²) in [6.45, 7) is 0.463. The Morgan fingerprint density at radius 3 is 2.69 bits per heavy atom. The smallest absolute Gasteiger partial charge is 0.251 e. The number of nitrogens with zero attached hydrogens (tertiary/aromatic N) is 1. The Balaban J connectivity index is 1.95. The van der Waals surface area contributed by atoms with Crippen LogP contribution in [0.25, 0.3) is 0 Å². The predicted molar refractivity (Wildman–Crippen MR) is 68.9 cm³/mol. The van der Waals surface area contributed by atoms with Crippen molar-refractivity contribution in [3.8, 4) is 0 Å². The maximum absolute atomic E-state index is 11.7. The second-order valence-electron chi connectivity index (χ2n) is 3.27. The van der Waals surface area contributed by atoms with E-state index in [0.29, 0.717) is 12.1 Å². The fourth-order valence-electron chi connectivity index (χ4n) is 1.26. The molecule has 1 aromatic carbocycles. The number of aromatic nitrogens is 2. The molecule has 0 unspecified atom stereocenters. The van der Waals surface area contributed by atoms with Gasteiger partial charge in [0.2, 0.25) is 0 Å². The third-order valence-corrected chi connectivity index (χ3v) is 2.82. The van der Waals surface area contributed by atoms with Crippen LogP contribution in [0.2, 0.25) is 0 Å². The highest BCUT2D eigenvalue weighted by atomic mass is 127. The summed E-state index contributed by atoms with van der Waals surface area (Å²) in [7, 11) is 0. The molecule has 0 saturated carbocycles. The molecular formula is C11H10IN3O. The van der Waals surface area contributed by atoms with Crippen molar-refractivity contribution in [1.29, 1.82) is 0 Å². The molecule has 0 radical (unpaired) electrons. The summed E-state index contributed by atoms with van der Waals surface area (Å²) in [5, 5.41) is 9.40. The molecule has 0 atom stereocenters. The Morgan fingerprint density at radius 1 is 1.31 bits per heavy atom. The van der Waals surface area contributed by atoms with E-state index in [-0.39, 0.29) is 5.91 Å².